The second-order valence-corrected chi connectivity index (χ2v) is 8.04. The fourth-order valence-corrected chi connectivity index (χ4v) is 4.52. The van der Waals surface area contributed by atoms with Crippen LogP contribution in [0.1, 0.15) is 24.0 Å². The van der Waals surface area contributed by atoms with Gasteiger partial charge >= 0.3 is 0 Å². The number of rotatable bonds is 5. The standard InChI is InChI=1S/C18H20N4O2S/c19-13-16-7-4-10-20-18(16)21-17-8-11-22(12-9-17)25(23,24)14-15-5-2-1-3-6-15/h1-7,10,17H,8-9,11-12,14H2,(H,20,21). The Hall–Kier alpha value is -2.43. The fraction of sp³-hybridized carbons (Fsp3) is 0.333. The number of sulfonamides is 1. The van der Waals surface area contributed by atoms with E-state index in [-0.39, 0.29) is 11.8 Å². The van der Waals surface area contributed by atoms with Crippen molar-refractivity contribution < 1.29 is 8.42 Å². The Morgan fingerprint density at radius 2 is 1.88 bits per heavy atom. The Morgan fingerprint density at radius 1 is 1.16 bits per heavy atom. The molecule has 0 spiro atoms. The minimum atomic E-state index is -3.31. The van der Waals surface area contributed by atoms with E-state index >= 15 is 0 Å². The van der Waals surface area contributed by atoms with Crippen LogP contribution in [0.25, 0.3) is 0 Å². The van der Waals surface area contributed by atoms with E-state index in [1.807, 2.05) is 30.3 Å². The summed E-state index contributed by atoms with van der Waals surface area (Å²) in [7, 11) is -3.31. The first-order valence-electron chi connectivity index (χ1n) is 8.22. The SMILES string of the molecule is N#Cc1cccnc1NC1CCN(S(=O)(=O)Cc2ccccc2)CC1. The third-order valence-electron chi connectivity index (χ3n) is 4.31. The summed E-state index contributed by atoms with van der Waals surface area (Å²) in [6.45, 7) is 0.948. The van der Waals surface area contributed by atoms with Crippen LogP contribution in [-0.4, -0.2) is 36.8 Å². The molecule has 0 bridgehead atoms. The molecule has 0 unspecified atom stereocenters. The number of hydrogen-bond donors (Lipinski definition) is 1. The molecule has 1 aromatic heterocycles. The molecule has 7 heteroatoms. The van der Waals surface area contributed by atoms with Crippen molar-refractivity contribution in [1.82, 2.24) is 9.29 Å². The summed E-state index contributed by atoms with van der Waals surface area (Å²) in [4.78, 5) is 4.20. The number of nitrogens with one attached hydrogen (secondary N) is 1. The van der Waals surface area contributed by atoms with E-state index in [2.05, 4.69) is 16.4 Å². The molecule has 1 aromatic carbocycles. The van der Waals surface area contributed by atoms with Crippen molar-refractivity contribution in [3.63, 3.8) is 0 Å². The number of pyridine rings is 1. The van der Waals surface area contributed by atoms with E-state index in [0.29, 0.717) is 37.3 Å². The summed E-state index contributed by atoms with van der Waals surface area (Å²) in [6.07, 6.45) is 3.02. The van der Waals surface area contributed by atoms with Crippen molar-refractivity contribution in [2.45, 2.75) is 24.6 Å². The first kappa shape index (κ1) is 17.4. The molecule has 25 heavy (non-hydrogen) atoms. The van der Waals surface area contributed by atoms with Gasteiger partial charge in [-0.2, -0.15) is 5.26 Å². The maximum atomic E-state index is 12.6. The fourth-order valence-electron chi connectivity index (χ4n) is 2.96. The van der Waals surface area contributed by atoms with E-state index in [1.54, 1.807) is 22.6 Å². The minimum Gasteiger partial charge on any atom is -0.366 e. The average molecular weight is 356 g/mol. The Balaban J connectivity index is 1.59. The van der Waals surface area contributed by atoms with E-state index in [9.17, 15) is 8.42 Å². The number of anilines is 1. The van der Waals surface area contributed by atoms with Crippen molar-refractivity contribution in [2.24, 2.45) is 0 Å². The monoisotopic (exact) mass is 356 g/mol. The molecule has 2 aromatic rings. The number of aromatic nitrogens is 1. The van der Waals surface area contributed by atoms with Gasteiger partial charge in [0.1, 0.15) is 11.9 Å². The highest BCUT2D eigenvalue weighted by molar-refractivity contribution is 7.88. The van der Waals surface area contributed by atoms with Gasteiger partial charge in [-0.1, -0.05) is 30.3 Å². The molecular formula is C18H20N4O2S. The van der Waals surface area contributed by atoms with Crippen molar-refractivity contribution in [3.8, 4) is 6.07 Å². The number of benzene rings is 1. The molecule has 1 aliphatic rings. The van der Waals surface area contributed by atoms with Gasteiger partial charge < -0.3 is 5.32 Å². The highest BCUT2D eigenvalue weighted by Gasteiger charge is 2.28. The van der Waals surface area contributed by atoms with Crippen molar-refractivity contribution in [1.29, 1.82) is 5.26 Å². The number of nitriles is 1. The molecule has 0 radical (unpaired) electrons. The van der Waals surface area contributed by atoms with Crippen LogP contribution in [0, 0.1) is 11.3 Å². The molecule has 2 heterocycles. The van der Waals surface area contributed by atoms with Gasteiger partial charge in [-0.05, 0) is 30.5 Å². The van der Waals surface area contributed by atoms with Crippen molar-refractivity contribution in [2.75, 3.05) is 18.4 Å². The lowest BCUT2D eigenvalue weighted by Crippen LogP contribution is -2.42. The molecule has 0 saturated carbocycles. The highest BCUT2D eigenvalue weighted by Crippen LogP contribution is 2.21. The third kappa shape index (κ3) is 4.35. The van der Waals surface area contributed by atoms with E-state index in [0.717, 1.165) is 5.56 Å². The smallest absolute Gasteiger partial charge is 0.218 e. The Morgan fingerprint density at radius 3 is 2.56 bits per heavy atom. The molecular weight excluding hydrogens is 336 g/mol. The van der Waals surface area contributed by atoms with Crippen LogP contribution in [0.3, 0.4) is 0 Å². The zero-order valence-corrected chi connectivity index (χ0v) is 14.6. The maximum absolute atomic E-state index is 12.6. The molecule has 0 amide bonds. The molecule has 1 saturated heterocycles. The number of piperidine rings is 1. The Bertz CT molecular complexity index is 854. The largest absolute Gasteiger partial charge is 0.366 e. The molecule has 0 atom stereocenters. The molecule has 6 nitrogen and oxygen atoms in total. The maximum Gasteiger partial charge on any atom is 0.218 e. The van der Waals surface area contributed by atoms with Crippen LogP contribution < -0.4 is 5.32 Å². The summed E-state index contributed by atoms with van der Waals surface area (Å²) in [5.74, 6) is 0.598. The van der Waals surface area contributed by atoms with Crippen LogP contribution in [0.5, 0.6) is 0 Å². The first-order valence-corrected chi connectivity index (χ1v) is 9.83. The predicted octanol–water partition coefficient (Wildman–Crippen LogP) is 2.36. The van der Waals surface area contributed by atoms with E-state index in [1.165, 1.54) is 0 Å². The van der Waals surface area contributed by atoms with Crippen molar-refractivity contribution >= 4 is 15.8 Å². The number of nitrogens with zero attached hydrogens (tertiary/aromatic N) is 3. The summed E-state index contributed by atoms with van der Waals surface area (Å²) < 4.78 is 26.7. The normalized spacial score (nSPS) is 16.3. The van der Waals surface area contributed by atoms with Crippen LogP contribution in [0.15, 0.2) is 48.7 Å². The van der Waals surface area contributed by atoms with Gasteiger partial charge in [0.2, 0.25) is 10.0 Å². The highest BCUT2D eigenvalue weighted by atomic mass is 32.2. The molecule has 1 N–H and O–H groups in total. The van der Waals surface area contributed by atoms with Crippen LogP contribution in [-0.2, 0) is 15.8 Å². The van der Waals surface area contributed by atoms with Gasteiger partial charge in [0.15, 0.2) is 0 Å². The van der Waals surface area contributed by atoms with Gasteiger partial charge in [-0.15, -0.1) is 0 Å². The van der Waals surface area contributed by atoms with Crippen LogP contribution >= 0.6 is 0 Å². The second-order valence-electron chi connectivity index (χ2n) is 6.07. The topological polar surface area (TPSA) is 86.1 Å². The quantitative estimate of drug-likeness (QED) is 0.889. The van der Waals surface area contributed by atoms with Gasteiger partial charge in [0, 0.05) is 25.3 Å². The second kappa shape index (κ2) is 7.64. The summed E-state index contributed by atoms with van der Waals surface area (Å²) in [5, 5.41) is 12.4. The summed E-state index contributed by atoms with van der Waals surface area (Å²) >= 11 is 0. The average Bonchev–Trinajstić information content (AvgIpc) is 2.63. The lowest BCUT2D eigenvalue weighted by Gasteiger charge is -2.32. The summed E-state index contributed by atoms with van der Waals surface area (Å²) in [5.41, 5.74) is 1.30. The predicted molar refractivity (Wildman–Crippen MR) is 96.2 cm³/mol. The lowest BCUT2D eigenvalue weighted by molar-refractivity contribution is 0.329. The van der Waals surface area contributed by atoms with Crippen LogP contribution in [0.4, 0.5) is 5.82 Å². The molecule has 130 valence electrons. The lowest BCUT2D eigenvalue weighted by atomic mass is 10.1. The molecule has 1 aliphatic heterocycles. The van der Waals surface area contributed by atoms with Gasteiger partial charge in [0.25, 0.3) is 0 Å². The Kier molecular flexibility index (Phi) is 5.31. The van der Waals surface area contributed by atoms with Gasteiger partial charge in [-0.3, -0.25) is 0 Å². The summed E-state index contributed by atoms with van der Waals surface area (Å²) in [6, 6.07) is 14.9. The minimum absolute atomic E-state index is 0.0325. The van der Waals surface area contributed by atoms with Gasteiger partial charge in [0.05, 0.1) is 11.3 Å². The molecule has 1 fully saturated rings. The molecule has 3 rings (SSSR count). The molecule has 0 aliphatic carbocycles. The zero-order valence-electron chi connectivity index (χ0n) is 13.8. The van der Waals surface area contributed by atoms with E-state index in [4.69, 9.17) is 5.26 Å². The van der Waals surface area contributed by atoms with Crippen molar-refractivity contribution in [3.05, 3.63) is 59.8 Å². The first-order chi connectivity index (χ1) is 12.1. The van der Waals surface area contributed by atoms with Gasteiger partial charge in [-0.25, -0.2) is 17.7 Å². The van der Waals surface area contributed by atoms with E-state index < -0.39 is 10.0 Å². The number of hydrogen-bond acceptors (Lipinski definition) is 5. The third-order valence-corrected chi connectivity index (χ3v) is 6.16. The Labute approximate surface area is 148 Å². The zero-order chi connectivity index (χ0) is 17.7. The van der Waals surface area contributed by atoms with Crippen LogP contribution in [0.2, 0.25) is 0 Å².